The molecule has 0 amide bonds. The van der Waals surface area contributed by atoms with E-state index in [9.17, 15) is 0 Å². The monoisotopic (exact) mass is 272 g/mol. The Morgan fingerprint density at radius 3 is 2.70 bits per heavy atom. The van der Waals surface area contributed by atoms with Crippen molar-refractivity contribution < 1.29 is 4.74 Å². The summed E-state index contributed by atoms with van der Waals surface area (Å²) in [6.07, 6.45) is 0. The SMILES string of the molecule is Cc1nn(C)c(Oc2cccc(C(C)C)c2)c1C(=N)N. The van der Waals surface area contributed by atoms with E-state index in [-0.39, 0.29) is 5.84 Å². The molecule has 0 unspecified atom stereocenters. The van der Waals surface area contributed by atoms with Crippen molar-refractivity contribution in [1.82, 2.24) is 9.78 Å². The van der Waals surface area contributed by atoms with Crippen LogP contribution in [0.5, 0.6) is 11.6 Å². The van der Waals surface area contributed by atoms with Crippen molar-refractivity contribution in [2.24, 2.45) is 12.8 Å². The van der Waals surface area contributed by atoms with Crippen LogP contribution in [0.1, 0.15) is 36.6 Å². The molecule has 2 rings (SSSR count). The molecule has 1 heterocycles. The number of hydrogen-bond acceptors (Lipinski definition) is 3. The minimum Gasteiger partial charge on any atom is -0.438 e. The van der Waals surface area contributed by atoms with Gasteiger partial charge in [-0.2, -0.15) is 5.10 Å². The number of nitrogens with two attached hydrogens (primary N) is 1. The zero-order valence-corrected chi connectivity index (χ0v) is 12.3. The second kappa shape index (κ2) is 5.36. The number of rotatable bonds is 4. The number of aryl methyl sites for hydroxylation is 2. The Bertz CT molecular complexity index is 643. The molecule has 0 bridgehead atoms. The first-order valence-electron chi connectivity index (χ1n) is 6.56. The number of nitrogen functional groups attached to an aromatic ring is 1. The molecular formula is C15H20N4O. The van der Waals surface area contributed by atoms with Gasteiger partial charge in [0.1, 0.15) is 17.1 Å². The van der Waals surface area contributed by atoms with E-state index in [1.165, 1.54) is 5.56 Å². The highest BCUT2D eigenvalue weighted by atomic mass is 16.5. The Hall–Kier alpha value is -2.30. The van der Waals surface area contributed by atoms with Crippen LogP contribution in [0.3, 0.4) is 0 Å². The third kappa shape index (κ3) is 2.66. The van der Waals surface area contributed by atoms with Crippen LogP contribution in [-0.2, 0) is 7.05 Å². The topological polar surface area (TPSA) is 76.9 Å². The largest absolute Gasteiger partial charge is 0.438 e. The lowest BCUT2D eigenvalue weighted by Crippen LogP contribution is -2.13. The van der Waals surface area contributed by atoms with Crippen LogP contribution in [0, 0.1) is 12.3 Å². The van der Waals surface area contributed by atoms with Crippen LogP contribution in [0.4, 0.5) is 0 Å². The molecule has 3 N–H and O–H groups in total. The molecule has 5 heteroatoms. The van der Waals surface area contributed by atoms with Crippen molar-refractivity contribution in [3.8, 4) is 11.6 Å². The van der Waals surface area contributed by atoms with E-state index in [4.69, 9.17) is 15.9 Å². The molecule has 0 fully saturated rings. The first-order chi connectivity index (χ1) is 9.40. The second-order valence-corrected chi connectivity index (χ2v) is 5.13. The average Bonchev–Trinajstić information content (AvgIpc) is 2.64. The van der Waals surface area contributed by atoms with Crippen molar-refractivity contribution in [2.75, 3.05) is 0 Å². The van der Waals surface area contributed by atoms with Gasteiger partial charge in [0.25, 0.3) is 0 Å². The van der Waals surface area contributed by atoms with Gasteiger partial charge in [0.05, 0.1) is 5.69 Å². The van der Waals surface area contributed by atoms with Crippen LogP contribution in [0.25, 0.3) is 0 Å². The summed E-state index contributed by atoms with van der Waals surface area (Å²) in [5, 5.41) is 11.9. The maximum absolute atomic E-state index is 7.65. The fourth-order valence-corrected chi connectivity index (χ4v) is 2.11. The molecule has 0 aliphatic carbocycles. The molecule has 0 aliphatic rings. The van der Waals surface area contributed by atoms with Crippen molar-refractivity contribution >= 4 is 5.84 Å². The van der Waals surface area contributed by atoms with Gasteiger partial charge in [0, 0.05) is 7.05 Å². The Kier molecular flexibility index (Phi) is 3.79. The molecule has 0 aliphatic heterocycles. The molecule has 20 heavy (non-hydrogen) atoms. The number of nitrogens with zero attached hydrogens (tertiary/aromatic N) is 2. The Labute approximate surface area is 118 Å². The van der Waals surface area contributed by atoms with Gasteiger partial charge in [0.2, 0.25) is 5.88 Å². The zero-order chi connectivity index (χ0) is 14.9. The highest BCUT2D eigenvalue weighted by molar-refractivity contribution is 5.98. The smallest absolute Gasteiger partial charge is 0.228 e. The lowest BCUT2D eigenvalue weighted by molar-refractivity contribution is 0.429. The molecule has 1 aromatic heterocycles. The number of hydrogen-bond donors (Lipinski definition) is 2. The van der Waals surface area contributed by atoms with E-state index in [0.29, 0.717) is 23.1 Å². The standard InChI is InChI=1S/C15H20N4O/c1-9(2)11-6-5-7-12(8-11)20-15-13(14(16)17)10(3)18-19(15)4/h5-9H,1-4H3,(H3,16,17). The summed E-state index contributed by atoms with van der Waals surface area (Å²) in [6.45, 7) is 6.08. The Balaban J connectivity index is 2.40. The summed E-state index contributed by atoms with van der Waals surface area (Å²) >= 11 is 0. The van der Waals surface area contributed by atoms with Crippen LogP contribution in [0.2, 0.25) is 0 Å². The molecule has 5 nitrogen and oxygen atoms in total. The molecule has 0 radical (unpaired) electrons. The van der Waals surface area contributed by atoms with Crippen LogP contribution < -0.4 is 10.5 Å². The molecule has 106 valence electrons. The lowest BCUT2D eigenvalue weighted by atomic mass is 10.0. The van der Waals surface area contributed by atoms with Gasteiger partial charge in [-0.15, -0.1) is 0 Å². The molecule has 0 atom stereocenters. The predicted molar refractivity (Wildman–Crippen MR) is 79.6 cm³/mol. The maximum atomic E-state index is 7.65. The van der Waals surface area contributed by atoms with Gasteiger partial charge in [-0.05, 0) is 30.5 Å². The molecule has 0 saturated carbocycles. The summed E-state index contributed by atoms with van der Waals surface area (Å²) < 4.78 is 7.50. The third-order valence-corrected chi connectivity index (χ3v) is 3.18. The van der Waals surface area contributed by atoms with E-state index in [0.717, 1.165) is 5.75 Å². The van der Waals surface area contributed by atoms with E-state index in [1.807, 2.05) is 25.1 Å². The summed E-state index contributed by atoms with van der Waals surface area (Å²) in [5.41, 5.74) is 8.04. The Morgan fingerprint density at radius 2 is 2.10 bits per heavy atom. The summed E-state index contributed by atoms with van der Waals surface area (Å²) in [5.74, 6) is 1.61. The van der Waals surface area contributed by atoms with Gasteiger partial charge < -0.3 is 10.5 Å². The highest BCUT2D eigenvalue weighted by Crippen LogP contribution is 2.28. The first kappa shape index (κ1) is 14.1. The Morgan fingerprint density at radius 1 is 1.40 bits per heavy atom. The minimum atomic E-state index is -0.0365. The number of amidine groups is 1. The fraction of sp³-hybridized carbons (Fsp3) is 0.333. The highest BCUT2D eigenvalue weighted by Gasteiger charge is 2.18. The van der Waals surface area contributed by atoms with Gasteiger partial charge >= 0.3 is 0 Å². The molecule has 0 saturated heterocycles. The molecule has 0 spiro atoms. The summed E-state index contributed by atoms with van der Waals surface area (Å²) in [4.78, 5) is 0. The van der Waals surface area contributed by atoms with E-state index in [1.54, 1.807) is 11.7 Å². The van der Waals surface area contributed by atoms with Crippen molar-refractivity contribution in [1.29, 1.82) is 5.41 Å². The van der Waals surface area contributed by atoms with Crippen molar-refractivity contribution in [3.63, 3.8) is 0 Å². The number of benzene rings is 1. The maximum Gasteiger partial charge on any atom is 0.228 e. The molecular weight excluding hydrogens is 252 g/mol. The van der Waals surface area contributed by atoms with Crippen LogP contribution >= 0.6 is 0 Å². The minimum absolute atomic E-state index is 0.0365. The first-order valence-corrected chi connectivity index (χ1v) is 6.56. The number of aromatic nitrogens is 2. The second-order valence-electron chi connectivity index (χ2n) is 5.13. The predicted octanol–water partition coefficient (Wildman–Crippen LogP) is 2.93. The number of nitrogens with one attached hydrogen (secondary N) is 1. The quantitative estimate of drug-likeness (QED) is 0.663. The van der Waals surface area contributed by atoms with Gasteiger partial charge in [-0.25, -0.2) is 4.68 Å². The fourth-order valence-electron chi connectivity index (χ4n) is 2.11. The summed E-state index contributed by atoms with van der Waals surface area (Å²) in [7, 11) is 1.78. The third-order valence-electron chi connectivity index (χ3n) is 3.18. The average molecular weight is 272 g/mol. The van der Waals surface area contributed by atoms with E-state index >= 15 is 0 Å². The van der Waals surface area contributed by atoms with Gasteiger partial charge in [-0.3, -0.25) is 5.41 Å². The summed E-state index contributed by atoms with van der Waals surface area (Å²) in [6, 6.07) is 7.91. The van der Waals surface area contributed by atoms with Crippen molar-refractivity contribution in [2.45, 2.75) is 26.7 Å². The van der Waals surface area contributed by atoms with Gasteiger partial charge in [-0.1, -0.05) is 26.0 Å². The van der Waals surface area contributed by atoms with E-state index < -0.39 is 0 Å². The normalized spacial score (nSPS) is 10.8. The van der Waals surface area contributed by atoms with Crippen molar-refractivity contribution in [3.05, 3.63) is 41.1 Å². The van der Waals surface area contributed by atoms with Crippen LogP contribution in [0.15, 0.2) is 24.3 Å². The molecule has 1 aromatic carbocycles. The molecule has 2 aromatic rings. The number of ether oxygens (including phenoxy) is 1. The lowest BCUT2D eigenvalue weighted by Gasteiger charge is -2.11. The van der Waals surface area contributed by atoms with E-state index in [2.05, 4.69) is 25.0 Å². The van der Waals surface area contributed by atoms with Gasteiger partial charge in [0.15, 0.2) is 0 Å². The van der Waals surface area contributed by atoms with Crippen LogP contribution in [-0.4, -0.2) is 15.6 Å². The zero-order valence-electron chi connectivity index (χ0n) is 12.3.